The fourth-order valence-corrected chi connectivity index (χ4v) is 3.90. The number of esters is 4. The van der Waals surface area contributed by atoms with Crippen LogP contribution in [0.4, 0.5) is 5.88 Å². The van der Waals surface area contributed by atoms with Crippen LogP contribution in [0.2, 0.25) is 0 Å². The molecule has 3 rings (SSSR count). The molecule has 0 bridgehead atoms. The normalized spacial score (nSPS) is 28.1. The fourth-order valence-electron chi connectivity index (χ4n) is 3.90. The number of hydrogen-bond donors (Lipinski definition) is 0. The molecule has 0 spiro atoms. The monoisotopic (exact) mass is 555 g/mol. The lowest BCUT2D eigenvalue weighted by molar-refractivity contribution is -0.402. The van der Waals surface area contributed by atoms with Crippen molar-refractivity contribution in [3.05, 3.63) is 40.3 Å². The van der Waals surface area contributed by atoms with Crippen LogP contribution in [0.25, 0.3) is 0 Å². The number of nitro groups is 1. The summed E-state index contributed by atoms with van der Waals surface area (Å²) in [7, 11) is 0. The highest BCUT2D eigenvalue weighted by atomic mass is 16.7. The molecule has 16 heteroatoms. The highest BCUT2D eigenvalue weighted by molar-refractivity contribution is 5.94. The predicted molar refractivity (Wildman–Crippen MR) is 120 cm³/mol. The smallest absolute Gasteiger partial charge is 0.433 e. The molecule has 16 nitrogen and oxygen atoms in total. The number of ketones is 1. The second kappa shape index (κ2) is 12.5. The zero-order valence-corrected chi connectivity index (χ0v) is 21.1. The van der Waals surface area contributed by atoms with E-state index in [-0.39, 0.29) is 5.76 Å². The van der Waals surface area contributed by atoms with Crippen molar-refractivity contribution in [1.82, 2.24) is 0 Å². The lowest BCUT2D eigenvalue weighted by atomic mass is 9.97. The van der Waals surface area contributed by atoms with E-state index in [4.69, 9.17) is 37.6 Å². The van der Waals surface area contributed by atoms with Crippen molar-refractivity contribution in [2.45, 2.75) is 70.6 Å². The average molecular weight is 555 g/mol. The van der Waals surface area contributed by atoms with Crippen molar-refractivity contribution >= 4 is 35.5 Å². The van der Waals surface area contributed by atoms with E-state index in [1.807, 2.05) is 0 Å². The quantitative estimate of drug-likeness (QED) is 0.179. The van der Waals surface area contributed by atoms with Crippen LogP contribution < -0.4 is 0 Å². The van der Waals surface area contributed by atoms with Gasteiger partial charge in [0.2, 0.25) is 0 Å². The molecule has 2 aliphatic heterocycles. The molecule has 1 aromatic heterocycles. The first kappa shape index (κ1) is 29.2. The molecule has 0 saturated carbocycles. The Bertz CT molecular complexity index is 1160. The van der Waals surface area contributed by atoms with Gasteiger partial charge in [0.05, 0.1) is 12.3 Å². The van der Waals surface area contributed by atoms with E-state index >= 15 is 0 Å². The molecule has 2 aliphatic rings. The number of nitrogens with zero attached hydrogens (tertiary/aromatic N) is 1. The molecule has 7 atom stereocenters. The highest BCUT2D eigenvalue weighted by Crippen LogP contribution is 2.36. The third kappa shape index (κ3) is 7.38. The van der Waals surface area contributed by atoms with E-state index in [1.165, 1.54) is 6.07 Å². The fraction of sp³-hybridized carbons (Fsp3) is 0.522. The zero-order valence-electron chi connectivity index (χ0n) is 21.1. The van der Waals surface area contributed by atoms with Gasteiger partial charge in [-0.1, -0.05) is 0 Å². The maximum atomic E-state index is 12.8. The van der Waals surface area contributed by atoms with Crippen molar-refractivity contribution in [2.24, 2.45) is 0 Å². The summed E-state index contributed by atoms with van der Waals surface area (Å²) in [6, 6.07) is 2.26. The highest BCUT2D eigenvalue weighted by Gasteiger charge is 2.54. The first-order valence-electron chi connectivity index (χ1n) is 11.4. The Morgan fingerprint density at radius 3 is 2.10 bits per heavy atom. The molecule has 1 fully saturated rings. The maximum Gasteiger partial charge on any atom is 0.433 e. The van der Waals surface area contributed by atoms with Gasteiger partial charge in [0, 0.05) is 33.8 Å². The molecule has 39 heavy (non-hydrogen) atoms. The second-order valence-electron chi connectivity index (χ2n) is 8.32. The topological polar surface area (TPSA) is 206 Å². The van der Waals surface area contributed by atoms with Gasteiger partial charge >= 0.3 is 29.8 Å². The molecule has 0 N–H and O–H groups in total. The standard InChI is InChI=1S/C23H25NO15/c1-10(25)33-9-16-20(34-11(2)26)21(35-12(3)27)22(36-13(4)28)23(38-16)39-18-14(29)7-8-32-19(18)15-5-6-17(37-15)24(30)31/h5-8,16,18-23H,9H2,1-4H3/t16-,18+,19+,20-,21+,22-,23+/m1/s1. The van der Waals surface area contributed by atoms with E-state index in [2.05, 4.69) is 0 Å². The summed E-state index contributed by atoms with van der Waals surface area (Å²) in [6.45, 7) is 3.75. The average Bonchev–Trinajstić information content (AvgIpc) is 3.32. The van der Waals surface area contributed by atoms with Gasteiger partial charge in [-0.25, -0.2) is 0 Å². The van der Waals surface area contributed by atoms with E-state index in [9.17, 15) is 34.1 Å². The van der Waals surface area contributed by atoms with E-state index < -0.39 is 90.0 Å². The summed E-state index contributed by atoms with van der Waals surface area (Å²) in [4.78, 5) is 70.4. The number of carbonyl (C=O) groups excluding carboxylic acids is 5. The predicted octanol–water partition coefficient (Wildman–Crippen LogP) is 0.810. The Hall–Kier alpha value is -4.31. The van der Waals surface area contributed by atoms with E-state index in [1.54, 1.807) is 0 Å². The number of hydrogen-bond acceptors (Lipinski definition) is 15. The van der Waals surface area contributed by atoms with Crippen molar-refractivity contribution in [1.29, 1.82) is 0 Å². The molecule has 0 aliphatic carbocycles. The van der Waals surface area contributed by atoms with Crippen molar-refractivity contribution in [2.75, 3.05) is 6.61 Å². The van der Waals surface area contributed by atoms with Crippen molar-refractivity contribution in [3.63, 3.8) is 0 Å². The van der Waals surface area contributed by atoms with Gasteiger partial charge in [0.25, 0.3) is 0 Å². The lowest BCUT2D eigenvalue weighted by Gasteiger charge is -2.45. The summed E-state index contributed by atoms with van der Waals surface area (Å²) in [6.07, 6.45) is -8.44. The van der Waals surface area contributed by atoms with Crippen LogP contribution in [0.5, 0.6) is 0 Å². The Morgan fingerprint density at radius 2 is 1.54 bits per heavy atom. The van der Waals surface area contributed by atoms with Gasteiger partial charge in [0.1, 0.15) is 17.6 Å². The molecule has 1 aromatic rings. The Balaban J connectivity index is 2.01. The van der Waals surface area contributed by atoms with Crippen LogP contribution in [0.3, 0.4) is 0 Å². The Kier molecular flexibility index (Phi) is 9.37. The minimum absolute atomic E-state index is 0.143. The summed E-state index contributed by atoms with van der Waals surface area (Å²) < 4.78 is 43.2. The van der Waals surface area contributed by atoms with Crippen LogP contribution in [0.15, 0.2) is 28.9 Å². The molecule has 212 valence electrons. The molecule has 3 heterocycles. The maximum absolute atomic E-state index is 12.8. The number of carbonyl (C=O) groups is 5. The molecule has 1 saturated heterocycles. The molecular weight excluding hydrogens is 530 g/mol. The van der Waals surface area contributed by atoms with Crippen LogP contribution in [-0.2, 0) is 57.1 Å². The third-order valence-electron chi connectivity index (χ3n) is 5.31. The number of rotatable bonds is 9. The lowest BCUT2D eigenvalue weighted by Crippen LogP contribution is -2.63. The molecule has 0 aromatic carbocycles. The Labute approximate surface area is 220 Å². The summed E-state index contributed by atoms with van der Waals surface area (Å²) in [5, 5.41) is 11.1. The molecular formula is C23H25NO15. The summed E-state index contributed by atoms with van der Waals surface area (Å²) >= 11 is 0. The van der Waals surface area contributed by atoms with Crippen molar-refractivity contribution in [3.8, 4) is 0 Å². The first-order valence-corrected chi connectivity index (χ1v) is 11.4. The molecule has 0 amide bonds. The first-order chi connectivity index (χ1) is 18.4. The second-order valence-corrected chi connectivity index (χ2v) is 8.32. The van der Waals surface area contributed by atoms with Gasteiger partial charge < -0.3 is 37.6 Å². The van der Waals surface area contributed by atoms with E-state index in [0.29, 0.717) is 0 Å². The van der Waals surface area contributed by atoms with Gasteiger partial charge in [-0.3, -0.25) is 34.1 Å². The molecule has 0 unspecified atom stereocenters. The minimum Gasteiger partial charge on any atom is -0.487 e. The minimum atomic E-state index is -1.69. The largest absolute Gasteiger partial charge is 0.487 e. The zero-order chi connectivity index (χ0) is 28.9. The van der Waals surface area contributed by atoms with Crippen LogP contribution >= 0.6 is 0 Å². The molecule has 0 radical (unpaired) electrons. The van der Waals surface area contributed by atoms with Crippen LogP contribution in [-0.4, -0.2) is 78.0 Å². The summed E-state index contributed by atoms with van der Waals surface area (Å²) in [5.41, 5.74) is 0. The van der Waals surface area contributed by atoms with E-state index in [0.717, 1.165) is 46.1 Å². The van der Waals surface area contributed by atoms with Crippen LogP contribution in [0, 0.1) is 10.1 Å². The Morgan fingerprint density at radius 1 is 0.923 bits per heavy atom. The van der Waals surface area contributed by atoms with Gasteiger partial charge in [-0.05, 0) is 6.07 Å². The van der Waals surface area contributed by atoms with Crippen LogP contribution in [0.1, 0.15) is 39.6 Å². The van der Waals surface area contributed by atoms with Gasteiger partial charge in [0.15, 0.2) is 48.4 Å². The number of furan rings is 1. The SMILES string of the molecule is CC(=O)OC[C@H]1O[C@@H](O[C@H]2C(=O)C=CO[C@H]2c2ccc([N+](=O)[O-])o2)[C@H](OC(C)=O)[C@@H](OC(C)=O)[C@@H]1OC(C)=O. The number of ether oxygens (including phenoxy) is 7. The van der Waals surface area contributed by atoms with Gasteiger partial charge in [-0.15, -0.1) is 0 Å². The van der Waals surface area contributed by atoms with Gasteiger partial charge in [-0.2, -0.15) is 0 Å². The summed E-state index contributed by atoms with van der Waals surface area (Å²) in [5.74, 6) is -4.73. The third-order valence-corrected chi connectivity index (χ3v) is 5.31. The van der Waals surface area contributed by atoms with Crippen molar-refractivity contribution < 1.29 is 66.5 Å².